The minimum atomic E-state index is -0.147. The van der Waals surface area contributed by atoms with Crippen molar-refractivity contribution in [3.63, 3.8) is 0 Å². The van der Waals surface area contributed by atoms with Crippen molar-refractivity contribution in [3.05, 3.63) is 65.9 Å². The van der Waals surface area contributed by atoms with Crippen molar-refractivity contribution in [3.8, 4) is 5.75 Å². The highest BCUT2D eigenvalue weighted by Gasteiger charge is 2.35. The number of hydrogen-bond donors (Lipinski definition) is 0. The fourth-order valence-corrected chi connectivity index (χ4v) is 4.15. The molecule has 7 nitrogen and oxygen atoms in total. The molecule has 1 fully saturated rings. The molecule has 1 atom stereocenters. The molecular formula is C19H20N4O3S. The van der Waals surface area contributed by atoms with Crippen molar-refractivity contribution >= 4 is 17.7 Å². The standard InChI is InChI=1S/C19H20N4O3S/c1-2-25-15-6-3-5-14(9-15)10-22-12-17(20-21-22)19-23(18(24)13-27-19)11-16-7-4-8-26-16/h3-9,12,19H,2,10-11,13H2,1H3/t19-/m1/s1. The number of rotatable bonds is 7. The number of aromatic nitrogens is 3. The SMILES string of the molecule is CCOc1cccc(Cn2cc([C@H]3SCC(=O)N3Cc3ccco3)nn2)c1. The van der Waals surface area contributed by atoms with Gasteiger partial charge in [0.25, 0.3) is 0 Å². The second kappa shape index (κ2) is 7.87. The number of amides is 1. The predicted molar refractivity (Wildman–Crippen MR) is 101 cm³/mol. The monoisotopic (exact) mass is 384 g/mol. The Bertz CT molecular complexity index is 909. The van der Waals surface area contributed by atoms with Gasteiger partial charge in [0.15, 0.2) is 0 Å². The summed E-state index contributed by atoms with van der Waals surface area (Å²) >= 11 is 1.56. The number of ether oxygens (including phenoxy) is 1. The first-order valence-corrected chi connectivity index (χ1v) is 9.83. The average Bonchev–Trinajstić information content (AvgIpc) is 3.39. The highest BCUT2D eigenvalue weighted by Crippen LogP contribution is 2.38. The van der Waals surface area contributed by atoms with E-state index in [1.54, 1.807) is 27.6 Å². The van der Waals surface area contributed by atoms with Crippen LogP contribution in [0.4, 0.5) is 0 Å². The number of benzene rings is 1. The molecule has 8 heteroatoms. The molecule has 0 saturated carbocycles. The van der Waals surface area contributed by atoms with Crippen molar-refractivity contribution in [2.75, 3.05) is 12.4 Å². The van der Waals surface area contributed by atoms with E-state index in [0.29, 0.717) is 25.4 Å². The lowest BCUT2D eigenvalue weighted by atomic mass is 10.2. The molecular weight excluding hydrogens is 364 g/mol. The molecule has 3 heterocycles. The van der Waals surface area contributed by atoms with Crippen LogP contribution in [-0.2, 0) is 17.9 Å². The molecule has 2 aromatic heterocycles. The molecule has 0 N–H and O–H groups in total. The summed E-state index contributed by atoms with van der Waals surface area (Å²) in [5, 5.41) is 8.40. The molecule has 1 aliphatic heterocycles. The molecule has 4 rings (SSSR count). The fraction of sp³-hybridized carbons (Fsp3) is 0.316. The van der Waals surface area contributed by atoms with E-state index in [-0.39, 0.29) is 11.3 Å². The Morgan fingerprint density at radius 1 is 1.30 bits per heavy atom. The van der Waals surface area contributed by atoms with Gasteiger partial charge in [0, 0.05) is 0 Å². The third-order valence-corrected chi connectivity index (χ3v) is 5.46. The molecule has 1 aliphatic rings. The van der Waals surface area contributed by atoms with Crippen LogP contribution in [0.2, 0.25) is 0 Å². The van der Waals surface area contributed by atoms with E-state index in [9.17, 15) is 4.79 Å². The smallest absolute Gasteiger partial charge is 0.234 e. The van der Waals surface area contributed by atoms with Crippen LogP contribution in [0.15, 0.2) is 53.3 Å². The molecule has 1 saturated heterocycles. The van der Waals surface area contributed by atoms with E-state index in [0.717, 1.165) is 22.8 Å². The largest absolute Gasteiger partial charge is 0.494 e. The lowest BCUT2D eigenvalue weighted by Gasteiger charge is -2.20. The van der Waals surface area contributed by atoms with Crippen LogP contribution in [0.3, 0.4) is 0 Å². The van der Waals surface area contributed by atoms with Gasteiger partial charge in [0.1, 0.15) is 22.6 Å². The Balaban J connectivity index is 1.48. The average molecular weight is 384 g/mol. The van der Waals surface area contributed by atoms with E-state index in [1.807, 2.05) is 49.5 Å². The van der Waals surface area contributed by atoms with E-state index < -0.39 is 0 Å². The van der Waals surface area contributed by atoms with Crippen LogP contribution in [-0.4, -0.2) is 38.2 Å². The fourth-order valence-electron chi connectivity index (χ4n) is 3.03. The summed E-state index contributed by atoms with van der Waals surface area (Å²) in [6.45, 7) is 3.63. The Kier molecular flexibility index (Phi) is 5.15. The van der Waals surface area contributed by atoms with E-state index in [1.165, 1.54) is 0 Å². The van der Waals surface area contributed by atoms with E-state index in [4.69, 9.17) is 9.15 Å². The first kappa shape index (κ1) is 17.7. The molecule has 0 aliphatic carbocycles. The molecule has 140 valence electrons. The van der Waals surface area contributed by atoms with E-state index >= 15 is 0 Å². The van der Waals surface area contributed by atoms with Gasteiger partial charge in [-0.1, -0.05) is 17.3 Å². The molecule has 0 spiro atoms. The summed E-state index contributed by atoms with van der Waals surface area (Å²) in [5.41, 5.74) is 1.86. The quantitative estimate of drug-likeness (QED) is 0.623. The van der Waals surface area contributed by atoms with Gasteiger partial charge in [-0.15, -0.1) is 16.9 Å². The summed E-state index contributed by atoms with van der Waals surface area (Å²) in [7, 11) is 0. The van der Waals surface area contributed by atoms with E-state index in [2.05, 4.69) is 10.3 Å². The number of carbonyl (C=O) groups is 1. The second-order valence-electron chi connectivity index (χ2n) is 6.19. The van der Waals surface area contributed by atoms with Crippen LogP contribution in [0.25, 0.3) is 0 Å². The van der Waals surface area contributed by atoms with Gasteiger partial charge in [-0.05, 0) is 36.8 Å². The number of hydrogen-bond acceptors (Lipinski definition) is 6. The minimum absolute atomic E-state index is 0.0837. The van der Waals surface area contributed by atoms with Crippen molar-refractivity contribution in [2.24, 2.45) is 0 Å². The molecule has 1 aromatic carbocycles. The maximum absolute atomic E-state index is 12.3. The van der Waals surface area contributed by atoms with Gasteiger partial charge >= 0.3 is 0 Å². The van der Waals surface area contributed by atoms with Gasteiger partial charge in [-0.3, -0.25) is 4.79 Å². The van der Waals surface area contributed by atoms with Crippen molar-refractivity contribution in [1.29, 1.82) is 0 Å². The molecule has 0 bridgehead atoms. The van der Waals surface area contributed by atoms with Gasteiger partial charge in [-0.2, -0.15) is 0 Å². The molecule has 0 radical (unpaired) electrons. The molecule has 1 amide bonds. The van der Waals surface area contributed by atoms with Crippen LogP contribution in [0.1, 0.15) is 29.3 Å². The topological polar surface area (TPSA) is 73.4 Å². The van der Waals surface area contributed by atoms with Crippen molar-refractivity contribution in [1.82, 2.24) is 19.9 Å². The lowest BCUT2D eigenvalue weighted by molar-refractivity contribution is -0.128. The predicted octanol–water partition coefficient (Wildman–Crippen LogP) is 3.09. The normalized spacial score (nSPS) is 16.9. The zero-order chi connectivity index (χ0) is 18.6. The van der Waals surface area contributed by atoms with Crippen molar-refractivity contribution in [2.45, 2.75) is 25.4 Å². The Labute approximate surface area is 161 Å². The summed E-state index contributed by atoms with van der Waals surface area (Å²) in [6.07, 6.45) is 3.52. The molecule has 27 heavy (non-hydrogen) atoms. The summed E-state index contributed by atoms with van der Waals surface area (Å²) in [5.74, 6) is 2.13. The zero-order valence-electron chi connectivity index (χ0n) is 14.9. The summed E-state index contributed by atoms with van der Waals surface area (Å²) in [4.78, 5) is 14.1. The molecule has 3 aromatic rings. The van der Waals surface area contributed by atoms with Gasteiger partial charge < -0.3 is 14.1 Å². The van der Waals surface area contributed by atoms with Gasteiger partial charge in [0.05, 0.1) is 37.9 Å². The van der Waals surface area contributed by atoms with Crippen LogP contribution in [0.5, 0.6) is 5.75 Å². The van der Waals surface area contributed by atoms with Crippen LogP contribution >= 0.6 is 11.8 Å². The number of furan rings is 1. The number of nitrogens with zero attached hydrogens (tertiary/aromatic N) is 4. The lowest BCUT2D eigenvalue weighted by Crippen LogP contribution is -2.27. The Morgan fingerprint density at radius 2 is 2.22 bits per heavy atom. The maximum Gasteiger partial charge on any atom is 0.234 e. The minimum Gasteiger partial charge on any atom is -0.494 e. The zero-order valence-corrected chi connectivity index (χ0v) is 15.8. The first-order valence-electron chi connectivity index (χ1n) is 8.78. The second-order valence-corrected chi connectivity index (χ2v) is 7.25. The highest BCUT2D eigenvalue weighted by molar-refractivity contribution is 8.00. The van der Waals surface area contributed by atoms with Crippen molar-refractivity contribution < 1.29 is 13.9 Å². The van der Waals surface area contributed by atoms with Crippen LogP contribution < -0.4 is 4.74 Å². The third-order valence-electron chi connectivity index (χ3n) is 4.24. The van der Waals surface area contributed by atoms with Crippen LogP contribution in [0, 0.1) is 0 Å². The number of thioether (sulfide) groups is 1. The Hall–Kier alpha value is -2.74. The summed E-state index contributed by atoms with van der Waals surface area (Å²) in [6, 6.07) is 11.6. The van der Waals surface area contributed by atoms with Gasteiger partial charge in [0.2, 0.25) is 5.91 Å². The first-order chi connectivity index (χ1) is 13.2. The number of carbonyl (C=O) groups excluding carboxylic acids is 1. The Morgan fingerprint density at radius 3 is 3.04 bits per heavy atom. The third kappa shape index (κ3) is 4.00. The van der Waals surface area contributed by atoms with Gasteiger partial charge in [-0.25, -0.2) is 4.68 Å². The maximum atomic E-state index is 12.3. The highest BCUT2D eigenvalue weighted by atomic mass is 32.2. The molecule has 0 unspecified atom stereocenters. The summed E-state index contributed by atoms with van der Waals surface area (Å²) < 4.78 is 12.7.